The lowest BCUT2D eigenvalue weighted by atomic mass is 9.87. The third-order valence-corrected chi connectivity index (χ3v) is 4.85. The summed E-state index contributed by atoms with van der Waals surface area (Å²) in [6.45, 7) is 1.99. The molecule has 3 rings (SSSR count). The van der Waals surface area contributed by atoms with Crippen molar-refractivity contribution in [3.05, 3.63) is 35.9 Å². The van der Waals surface area contributed by atoms with Crippen LogP contribution in [0.15, 0.2) is 35.9 Å². The molecule has 0 radical (unpaired) electrons. The number of carboxylic acids is 1. The van der Waals surface area contributed by atoms with Crippen molar-refractivity contribution in [3.63, 3.8) is 0 Å². The van der Waals surface area contributed by atoms with Crippen LogP contribution in [-0.2, 0) is 9.59 Å². The van der Waals surface area contributed by atoms with Crippen LogP contribution in [0.1, 0.15) is 38.5 Å². The second-order valence-electron chi connectivity index (χ2n) is 6.50. The van der Waals surface area contributed by atoms with E-state index in [1.54, 1.807) is 6.08 Å². The number of para-hydroxylation sites is 2. The van der Waals surface area contributed by atoms with Gasteiger partial charge in [0.15, 0.2) is 0 Å². The molecule has 5 heteroatoms. The molecule has 0 aromatic heterocycles. The van der Waals surface area contributed by atoms with Gasteiger partial charge in [-0.25, -0.2) is 0 Å². The Morgan fingerprint density at radius 2 is 1.83 bits per heavy atom. The van der Waals surface area contributed by atoms with E-state index in [-0.39, 0.29) is 5.91 Å². The fourth-order valence-corrected chi connectivity index (χ4v) is 3.57. The summed E-state index contributed by atoms with van der Waals surface area (Å²) in [5.41, 5.74) is 2.18. The number of hydrogen-bond donors (Lipinski definition) is 2. The van der Waals surface area contributed by atoms with Crippen molar-refractivity contribution < 1.29 is 14.7 Å². The van der Waals surface area contributed by atoms with E-state index in [1.165, 1.54) is 6.42 Å². The van der Waals surface area contributed by atoms with E-state index >= 15 is 0 Å². The van der Waals surface area contributed by atoms with Crippen molar-refractivity contribution in [2.75, 3.05) is 23.3 Å². The lowest BCUT2D eigenvalue weighted by Gasteiger charge is -2.30. The summed E-state index contributed by atoms with van der Waals surface area (Å²) in [5.74, 6) is -1.90. The van der Waals surface area contributed by atoms with Crippen molar-refractivity contribution in [1.82, 2.24) is 0 Å². The molecule has 1 saturated heterocycles. The molecule has 1 aliphatic heterocycles. The van der Waals surface area contributed by atoms with E-state index in [0.717, 1.165) is 50.1 Å². The molecular weight excluding hydrogens is 304 g/mol. The van der Waals surface area contributed by atoms with E-state index in [4.69, 9.17) is 0 Å². The Balaban J connectivity index is 1.79. The van der Waals surface area contributed by atoms with E-state index < -0.39 is 11.9 Å². The molecule has 1 unspecified atom stereocenters. The Morgan fingerprint density at radius 1 is 1.08 bits per heavy atom. The highest BCUT2D eigenvalue weighted by molar-refractivity contribution is 6.08. The van der Waals surface area contributed by atoms with Gasteiger partial charge in [0.25, 0.3) is 5.91 Å². The first-order chi connectivity index (χ1) is 11.7. The molecule has 24 heavy (non-hydrogen) atoms. The Kier molecular flexibility index (Phi) is 5.18. The number of nitrogens with one attached hydrogen (secondary N) is 1. The van der Waals surface area contributed by atoms with Crippen molar-refractivity contribution in [2.24, 2.45) is 5.92 Å². The number of aliphatic carboxylic acids is 1. The maximum atomic E-state index is 12.7. The Morgan fingerprint density at radius 3 is 2.58 bits per heavy atom. The molecule has 1 heterocycles. The number of piperidine rings is 1. The molecule has 0 spiro atoms. The zero-order valence-electron chi connectivity index (χ0n) is 13.8. The number of carbonyl (C=O) groups is 2. The number of amides is 1. The quantitative estimate of drug-likeness (QED) is 0.888. The SMILES string of the molecule is O=C(Nc1ccccc1N1CCCCC1)C1=CCCCC1C(=O)O. The largest absolute Gasteiger partial charge is 0.481 e. The van der Waals surface area contributed by atoms with Crippen LogP contribution in [0.2, 0.25) is 0 Å². The second kappa shape index (κ2) is 7.51. The van der Waals surface area contributed by atoms with Gasteiger partial charge in [0.05, 0.1) is 17.3 Å². The van der Waals surface area contributed by atoms with Gasteiger partial charge >= 0.3 is 5.97 Å². The molecule has 1 aromatic carbocycles. The normalized spacial score (nSPS) is 21.1. The van der Waals surface area contributed by atoms with E-state index in [0.29, 0.717) is 12.0 Å². The fraction of sp³-hybridized carbons (Fsp3) is 0.474. The number of benzene rings is 1. The summed E-state index contributed by atoms with van der Waals surface area (Å²) in [6.07, 6.45) is 7.46. The molecule has 2 aliphatic rings. The standard InChI is InChI=1S/C19H24N2O3/c22-18(14-8-2-3-9-15(14)19(23)24)20-16-10-4-5-11-17(16)21-12-6-1-7-13-21/h4-5,8,10-11,15H,1-3,6-7,9,12-13H2,(H,20,22)(H,23,24). The number of carbonyl (C=O) groups excluding carboxylic acids is 1. The molecule has 1 aromatic rings. The van der Waals surface area contributed by atoms with Crippen molar-refractivity contribution in [3.8, 4) is 0 Å². The van der Waals surface area contributed by atoms with Crippen molar-refractivity contribution in [1.29, 1.82) is 0 Å². The minimum atomic E-state index is -0.916. The second-order valence-corrected chi connectivity index (χ2v) is 6.50. The van der Waals surface area contributed by atoms with Crippen molar-refractivity contribution >= 4 is 23.3 Å². The summed E-state index contributed by atoms with van der Waals surface area (Å²) in [6, 6.07) is 7.78. The van der Waals surface area contributed by atoms with Crippen LogP contribution in [0.5, 0.6) is 0 Å². The van der Waals surface area contributed by atoms with Gasteiger partial charge in [-0.2, -0.15) is 0 Å². The zero-order chi connectivity index (χ0) is 16.9. The smallest absolute Gasteiger partial charge is 0.311 e. The monoisotopic (exact) mass is 328 g/mol. The molecule has 1 fully saturated rings. The summed E-state index contributed by atoms with van der Waals surface area (Å²) in [4.78, 5) is 26.4. The van der Waals surface area contributed by atoms with E-state index in [9.17, 15) is 14.7 Å². The predicted octanol–water partition coefficient (Wildman–Crippen LogP) is 3.43. The first kappa shape index (κ1) is 16.6. The lowest BCUT2D eigenvalue weighted by molar-refractivity contribution is -0.141. The predicted molar refractivity (Wildman–Crippen MR) is 94.2 cm³/mol. The summed E-state index contributed by atoms with van der Waals surface area (Å²) < 4.78 is 0. The molecule has 1 aliphatic carbocycles. The number of anilines is 2. The van der Waals surface area contributed by atoms with Gasteiger partial charge in [0, 0.05) is 18.7 Å². The minimum absolute atomic E-state index is 0.286. The maximum absolute atomic E-state index is 12.7. The minimum Gasteiger partial charge on any atom is -0.481 e. The van der Waals surface area contributed by atoms with Crippen LogP contribution in [-0.4, -0.2) is 30.1 Å². The zero-order valence-corrected chi connectivity index (χ0v) is 13.8. The number of allylic oxidation sites excluding steroid dienone is 1. The number of nitrogens with zero attached hydrogens (tertiary/aromatic N) is 1. The van der Waals surface area contributed by atoms with Gasteiger partial charge in [-0.15, -0.1) is 0 Å². The van der Waals surface area contributed by atoms with E-state index in [1.807, 2.05) is 24.3 Å². The molecule has 1 atom stereocenters. The molecular formula is C19H24N2O3. The van der Waals surface area contributed by atoms with Gasteiger partial charge in [-0.1, -0.05) is 18.2 Å². The Labute approximate surface area is 142 Å². The highest BCUT2D eigenvalue weighted by Crippen LogP contribution is 2.31. The average Bonchev–Trinajstić information content (AvgIpc) is 2.63. The summed E-state index contributed by atoms with van der Waals surface area (Å²) >= 11 is 0. The number of rotatable bonds is 4. The maximum Gasteiger partial charge on any atom is 0.311 e. The van der Waals surface area contributed by atoms with Gasteiger partial charge in [-0.05, 0) is 50.7 Å². The molecule has 5 nitrogen and oxygen atoms in total. The third kappa shape index (κ3) is 3.61. The van der Waals surface area contributed by atoms with E-state index in [2.05, 4.69) is 10.2 Å². The molecule has 1 amide bonds. The molecule has 2 N–H and O–H groups in total. The van der Waals surface area contributed by atoms with Crippen LogP contribution in [0, 0.1) is 5.92 Å². The van der Waals surface area contributed by atoms with Crippen molar-refractivity contribution in [2.45, 2.75) is 38.5 Å². The Bertz CT molecular complexity index is 648. The Hall–Kier alpha value is -2.30. The van der Waals surface area contributed by atoms with Gasteiger partial charge in [0.2, 0.25) is 0 Å². The molecule has 128 valence electrons. The first-order valence-corrected chi connectivity index (χ1v) is 8.75. The number of hydrogen-bond acceptors (Lipinski definition) is 3. The topological polar surface area (TPSA) is 69.6 Å². The number of carboxylic acid groups (broad SMARTS) is 1. The van der Waals surface area contributed by atoms with Crippen LogP contribution in [0.25, 0.3) is 0 Å². The van der Waals surface area contributed by atoms with Gasteiger partial charge in [-0.3, -0.25) is 9.59 Å². The van der Waals surface area contributed by atoms with Crippen LogP contribution in [0.4, 0.5) is 11.4 Å². The van der Waals surface area contributed by atoms with Crippen LogP contribution < -0.4 is 10.2 Å². The molecule has 0 bridgehead atoms. The summed E-state index contributed by atoms with van der Waals surface area (Å²) in [7, 11) is 0. The van der Waals surface area contributed by atoms with Crippen LogP contribution >= 0.6 is 0 Å². The fourth-order valence-electron chi connectivity index (χ4n) is 3.57. The first-order valence-electron chi connectivity index (χ1n) is 8.75. The lowest BCUT2D eigenvalue weighted by Crippen LogP contribution is -2.31. The third-order valence-electron chi connectivity index (χ3n) is 4.85. The highest BCUT2D eigenvalue weighted by atomic mass is 16.4. The summed E-state index contributed by atoms with van der Waals surface area (Å²) in [5, 5.41) is 12.3. The van der Waals surface area contributed by atoms with Gasteiger partial charge in [0.1, 0.15) is 0 Å². The van der Waals surface area contributed by atoms with Crippen LogP contribution in [0.3, 0.4) is 0 Å². The highest BCUT2D eigenvalue weighted by Gasteiger charge is 2.29. The average molecular weight is 328 g/mol. The molecule has 0 saturated carbocycles. The van der Waals surface area contributed by atoms with Gasteiger partial charge < -0.3 is 15.3 Å².